The van der Waals surface area contributed by atoms with Crippen molar-refractivity contribution >= 4 is 39.9 Å². The van der Waals surface area contributed by atoms with Crippen molar-refractivity contribution in [2.75, 3.05) is 10.2 Å². The van der Waals surface area contributed by atoms with Gasteiger partial charge in [-0.25, -0.2) is 4.98 Å². The quantitative estimate of drug-likeness (QED) is 0.703. The molecule has 1 saturated heterocycles. The van der Waals surface area contributed by atoms with E-state index in [1.165, 1.54) is 11.3 Å². The number of anilines is 2. The Morgan fingerprint density at radius 1 is 0.963 bits per heavy atom. The van der Waals surface area contributed by atoms with E-state index in [-0.39, 0.29) is 30.6 Å². The highest BCUT2D eigenvalue weighted by Gasteiger charge is 2.30. The highest BCUT2D eigenvalue weighted by atomic mass is 32.1. The van der Waals surface area contributed by atoms with Crippen molar-refractivity contribution in [3.8, 4) is 11.3 Å². The van der Waals surface area contributed by atoms with Crippen LogP contribution in [0.15, 0.2) is 60.0 Å². The zero-order valence-electron chi connectivity index (χ0n) is 14.2. The molecule has 0 bridgehead atoms. The van der Waals surface area contributed by atoms with Crippen molar-refractivity contribution in [1.82, 2.24) is 4.98 Å². The van der Waals surface area contributed by atoms with Gasteiger partial charge in [0.25, 0.3) is 5.91 Å². The largest absolute Gasteiger partial charge is 0.298 e. The smallest absolute Gasteiger partial charge is 0.257 e. The van der Waals surface area contributed by atoms with E-state index in [9.17, 15) is 14.4 Å². The molecule has 0 unspecified atom stereocenters. The van der Waals surface area contributed by atoms with Crippen LogP contribution in [0.4, 0.5) is 10.8 Å². The Bertz CT molecular complexity index is 996. The molecule has 2 aromatic carbocycles. The molecule has 0 spiro atoms. The molecule has 1 aliphatic rings. The lowest BCUT2D eigenvalue weighted by atomic mass is 10.2. The number of thiazole rings is 1. The lowest BCUT2D eigenvalue weighted by Crippen LogP contribution is -2.28. The summed E-state index contributed by atoms with van der Waals surface area (Å²) in [5.74, 6) is -0.726. The Labute approximate surface area is 159 Å². The van der Waals surface area contributed by atoms with Crippen LogP contribution in [-0.2, 0) is 9.59 Å². The number of benzene rings is 2. The molecule has 0 radical (unpaired) electrons. The first-order valence-electron chi connectivity index (χ1n) is 8.40. The van der Waals surface area contributed by atoms with Crippen molar-refractivity contribution in [2.24, 2.45) is 0 Å². The van der Waals surface area contributed by atoms with Crippen molar-refractivity contribution in [3.63, 3.8) is 0 Å². The third-order valence-electron chi connectivity index (χ3n) is 4.23. The maximum atomic E-state index is 12.4. The average molecular weight is 377 g/mol. The van der Waals surface area contributed by atoms with Crippen molar-refractivity contribution < 1.29 is 14.4 Å². The first kappa shape index (κ1) is 17.1. The molecule has 2 heterocycles. The number of aromatic nitrogens is 1. The monoisotopic (exact) mass is 377 g/mol. The molecule has 0 aliphatic carbocycles. The summed E-state index contributed by atoms with van der Waals surface area (Å²) in [5.41, 5.74) is 2.70. The highest BCUT2D eigenvalue weighted by molar-refractivity contribution is 7.14. The zero-order chi connectivity index (χ0) is 18.8. The van der Waals surface area contributed by atoms with Gasteiger partial charge in [-0.15, -0.1) is 11.3 Å². The summed E-state index contributed by atoms with van der Waals surface area (Å²) in [6, 6.07) is 16.1. The first-order chi connectivity index (χ1) is 13.1. The van der Waals surface area contributed by atoms with Crippen molar-refractivity contribution in [3.05, 3.63) is 65.5 Å². The maximum Gasteiger partial charge on any atom is 0.257 e. The van der Waals surface area contributed by atoms with E-state index in [0.29, 0.717) is 16.4 Å². The molecule has 1 N–H and O–H groups in total. The van der Waals surface area contributed by atoms with E-state index in [4.69, 9.17) is 0 Å². The van der Waals surface area contributed by atoms with Gasteiger partial charge in [0.1, 0.15) is 0 Å². The summed E-state index contributed by atoms with van der Waals surface area (Å²) in [5, 5.41) is 5.17. The molecule has 1 aromatic heterocycles. The molecule has 6 nitrogen and oxygen atoms in total. The van der Waals surface area contributed by atoms with Gasteiger partial charge in [-0.2, -0.15) is 0 Å². The Hall–Kier alpha value is -3.32. The molecule has 0 saturated carbocycles. The number of imide groups is 1. The summed E-state index contributed by atoms with van der Waals surface area (Å²) in [6.07, 6.45) is 0.462. The van der Waals surface area contributed by atoms with E-state index < -0.39 is 0 Å². The third kappa shape index (κ3) is 3.50. The van der Waals surface area contributed by atoms with E-state index >= 15 is 0 Å². The predicted octanol–water partition coefficient (Wildman–Crippen LogP) is 3.72. The Morgan fingerprint density at radius 2 is 1.63 bits per heavy atom. The van der Waals surface area contributed by atoms with Crippen LogP contribution in [0.2, 0.25) is 0 Å². The SMILES string of the molecule is O=C(Nc1nc(-c2ccccc2)cs1)c1ccc(N2C(=O)CCC2=O)cc1. The van der Waals surface area contributed by atoms with Gasteiger partial charge < -0.3 is 0 Å². The maximum absolute atomic E-state index is 12.4. The molecule has 4 rings (SSSR count). The molecule has 0 atom stereocenters. The number of carbonyl (C=O) groups excluding carboxylic acids is 3. The lowest BCUT2D eigenvalue weighted by Gasteiger charge is -2.13. The first-order valence-corrected chi connectivity index (χ1v) is 9.28. The number of amides is 3. The predicted molar refractivity (Wildman–Crippen MR) is 104 cm³/mol. The van der Waals surface area contributed by atoms with E-state index in [0.717, 1.165) is 16.2 Å². The Kier molecular flexibility index (Phi) is 4.52. The topological polar surface area (TPSA) is 79.4 Å². The molecular weight excluding hydrogens is 362 g/mol. The van der Waals surface area contributed by atoms with Crippen LogP contribution in [-0.4, -0.2) is 22.7 Å². The fraction of sp³-hybridized carbons (Fsp3) is 0.100. The number of nitrogens with one attached hydrogen (secondary N) is 1. The molecule has 1 fully saturated rings. The molecule has 3 aromatic rings. The van der Waals surface area contributed by atoms with Crippen molar-refractivity contribution in [2.45, 2.75) is 12.8 Å². The fourth-order valence-electron chi connectivity index (χ4n) is 2.87. The summed E-state index contributed by atoms with van der Waals surface area (Å²) in [6.45, 7) is 0. The molecule has 27 heavy (non-hydrogen) atoms. The van der Waals surface area contributed by atoms with Crippen LogP contribution < -0.4 is 10.2 Å². The van der Waals surface area contributed by atoms with E-state index in [1.807, 2.05) is 35.7 Å². The summed E-state index contributed by atoms with van der Waals surface area (Å²) >= 11 is 1.35. The minimum atomic E-state index is -0.297. The van der Waals surface area contributed by atoms with Crippen LogP contribution in [0.3, 0.4) is 0 Å². The van der Waals surface area contributed by atoms with Crippen LogP contribution in [0.25, 0.3) is 11.3 Å². The highest BCUT2D eigenvalue weighted by Crippen LogP contribution is 2.26. The van der Waals surface area contributed by atoms with Gasteiger partial charge in [-0.3, -0.25) is 24.6 Å². The van der Waals surface area contributed by atoms with Gasteiger partial charge in [0.05, 0.1) is 11.4 Å². The second-order valence-corrected chi connectivity index (χ2v) is 6.89. The zero-order valence-corrected chi connectivity index (χ0v) is 15.0. The number of rotatable bonds is 4. The summed E-state index contributed by atoms with van der Waals surface area (Å²) in [4.78, 5) is 41.6. The lowest BCUT2D eigenvalue weighted by molar-refractivity contribution is -0.121. The molecule has 134 valence electrons. The Morgan fingerprint density at radius 3 is 2.30 bits per heavy atom. The van der Waals surface area contributed by atoms with Crippen LogP contribution >= 0.6 is 11.3 Å². The summed E-state index contributed by atoms with van der Waals surface area (Å²) < 4.78 is 0. The van der Waals surface area contributed by atoms with E-state index in [2.05, 4.69) is 10.3 Å². The minimum absolute atomic E-state index is 0.214. The average Bonchev–Trinajstić information content (AvgIpc) is 3.29. The van der Waals surface area contributed by atoms with E-state index in [1.54, 1.807) is 24.3 Å². The van der Waals surface area contributed by atoms with Gasteiger partial charge in [0.2, 0.25) is 11.8 Å². The number of carbonyl (C=O) groups is 3. The molecular formula is C20H15N3O3S. The van der Waals surface area contributed by atoms with Gasteiger partial charge in [0.15, 0.2) is 5.13 Å². The molecule has 1 aliphatic heterocycles. The Balaban J connectivity index is 1.47. The number of nitrogens with zero attached hydrogens (tertiary/aromatic N) is 2. The van der Waals surface area contributed by atoms with Gasteiger partial charge in [-0.1, -0.05) is 30.3 Å². The van der Waals surface area contributed by atoms with Crippen LogP contribution in [0.5, 0.6) is 0 Å². The van der Waals surface area contributed by atoms with Crippen LogP contribution in [0.1, 0.15) is 23.2 Å². The summed E-state index contributed by atoms with van der Waals surface area (Å²) in [7, 11) is 0. The number of hydrogen-bond donors (Lipinski definition) is 1. The van der Waals surface area contributed by atoms with Crippen molar-refractivity contribution in [1.29, 1.82) is 0 Å². The van der Waals surface area contributed by atoms with Crippen LogP contribution in [0, 0.1) is 0 Å². The normalized spacial score (nSPS) is 13.9. The van der Waals surface area contributed by atoms with Gasteiger partial charge >= 0.3 is 0 Å². The minimum Gasteiger partial charge on any atom is -0.298 e. The third-order valence-corrected chi connectivity index (χ3v) is 4.99. The van der Waals surface area contributed by atoms with Gasteiger partial charge in [0, 0.05) is 29.3 Å². The number of hydrogen-bond acceptors (Lipinski definition) is 5. The second-order valence-electron chi connectivity index (χ2n) is 6.03. The molecule has 7 heteroatoms. The fourth-order valence-corrected chi connectivity index (χ4v) is 3.58. The van der Waals surface area contributed by atoms with Gasteiger partial charge in [-0.05, 0) is 24.3 Å². The second kappa shape index (κ2) is 7.13. The standard InChI is InChI=1S/C20H15N3O3S/c24-17-10-11-18(25)23(17)15-8-6-14(7-9-15)19(26)22-20-21-16(12-27-20)13-4-2-1-3-5-13/h1-9,12H,10-11H2,(H,21,22,26). The molecule has 3 amide bonds.